The van der Waals surface area contributed by atoms with Gasteiger partial charge in [-0.25, -0.2) is 0 Å². The zero-order valence-electron chi connectivity index (χ0n) is 9.95. The van der Waals surface area contributed by atoms with E-state index in [0.717, 1.165) is 36.8 Å². The van der Waals surface area contributed by atoms with E-state index in [2.05, 4.69) is 11.9 Å². The van der Waals surface area contributed by atoms with Crippen molar-refractivity contribution in [2.45, 2.75) is 43.7 Å². The van der Waals surface area contributed by atoms with Crippen molar-refractivity contribution in [3.05, 3.63) is 12.7 Å². The van der Waals surface area contributed by atoms with Crippen molar-refractivity contribution in [3.63, 3.8) is 0 Å². The number of nitrogens with one attached hydrogen (secondary N) is 1. The first-order valence-electron chi connectivity index (χ1n) is 6.38. The Morgan fingerprint density at radius 3 is 2.94 bits per heavy atom. The molecule has 1 aliphatic heterocycles. The number of aliphatic hydroxyl groups is 1. The second-order valence-electron chi connectivity index (χ2n) is 5.22. The van der Waals surface area contributed by atoms with Crippen molar-refractivity contribution in [3.8, 4) is 0 Å². The highest BCUT2D eigenvalue weighted by Gasteiger charge is 2.35. The fourth-order valence-electron chi connectivity index (χ4n) is 2.36. The highest BCUT2D eigenvalue weighted by molar-refractivity contribution is 7.99. The van der Waals surface area contributed by atoms with E-state index < -0.39 is 5.60 Å². The van der Waals surface area contributed by atoms with Crippen LogP contribution in [0.4, 0.5) is 0 Å². The quantitative estimate of drug-likeness (QED) is 0.670. The van der Waals surface area contributed by atoms with Gasteiger partial charge in [0.1, 0.15) is 0 Å². The summed E-state index contributed by atoms with van der Waals surface area (Å²) in [6.45, 7) is 4.56. The largest absolute Gasteiger partial charge is 0.388 e. The van der Waals surface area contributed by atoms with Crippen LogP contribution in [-0.2, 0) is 0 Å². The van der Waals surface area contributed by atoms with Gasteiger partial charge in [0.2, 0.25) is 0 Å². The van der Waals surface area contributed by atoms with Gasteiger partial charge in [-0.05, 0) is 43.8 Å². The van der Waals surface area contributed by atoms with Crippen LogP contribution in [-0.4, -0.2) is 34.8 Å². The number of allylic oxidation sites excluding steroid dienone is 1. The predicted octanol–water partition coefficient (Wildman–Crippen LogP) is 2.19. The third kappa shape index (κ3) is 3.51. The third-order valence-corrected chi connectivity index (χ3v) is 4.88. The van der Waals surface area contributed by atoms with Crippen LogP contribution in [0, 0.1) is 5.92 Å². The third-order valence-electron chi connectivity index (χ3n) is 3.65. The molecule has 1 saturated carbocycles. The summed E-state index contributed by atoms with van der Waals surface area (Å²) in [7, 11) is 0. The van der Waals surface area contributed by atoms with Gasteiger partial charge >= 0.3 is 0 Å². The van der Waals surface area contributed by atoms with E-state index in [1.54, 1.807) is 0 Å². The van der Waals surface area contributed by atoms with E-state index >= 15 is 0 Å². The molecular formula is C13H23NOS. The first-order chi connectivity index (χ1) is 7.73. The molecule has 2 atom stereocenters. The van der Waals surface area contributed by atoms with E-state index in [1.165, 1.54) is 19.3 Å². The lowest BCUT2D eigenvalue weighted by Gasteiger charge is -2.26. The molecule has 1 heterocycles. The maximum atomic E-state index is 10.3. The summed E-state index contributed by atoms with van der Waals surface area (Å²) < 4.78 is 0. The summed E-state index contributed by atoms with van der Waals surface area (Å²) in [6, 6.07) is 0.604. The zero-order chi connectivity index (χ0) is 11.4. The van der Waals surface area contributed by atoms with Crippen molar-refractivity contribution < 1.29 is 5.11 Å². The Morgan fingerprint density at radius 1 is 1.56 bits per heavy atom. The van der Waals surface area contributed by atoms with Crippen LogP contribution < -0.4 is 5.32 Å². The molecule has 2 aliphatic rings. The Balaban J connectivity index is 1.74. The normalized spacial score (nSPS) is 31.6. The van der Waals surface area contributed by atoms with E-state index in [1.807, 2.05) is 17.8 Å². The van der Waals surface area contributed by atoms with Crippen molar-refractivity contribution in [2.24, 2.45) is 5.92 Å². The van der Waals surface area contributed by atoms with Crippen LogP contribution in [0.5, 0.6) is 0 Å². The Hall–Kier alpha value is 0.0100. The van der Waals surface area contributed by atoms with Gasteiger partial charge in [0.15, 0.2) is 0 Å². The van der Waals surface area contributed by atoms with Gasteiger partial charge in [-0.1, -0.05) is 6.08 Å². The summed E-state index contributed by atoms with van der Waals surface area (Å²) >= 11 is 1.87. The first kappa shape index (κ1) is 12.5. The Labute approximate surface area is 103 Å². The molecule has 1 aliphatic carbocycles. The van der Waals surface area contributed by atoms with E-state index in [0.29, 0.717) is 6.04 Å². The first-order valence-corrected chi connectivity index (χ1v) is 7.53. The average Bonchev–Trinajstić information content (AvgIpc) is 3.02. The monoisotopic (exact) mass is 241 g/mol. The summed E-state index contributed by atoms with van der Waals surface area (Å²) in [5, 5.41) is 13.9. The highest BCUT2D eigenvalue weighted by atomic mass is 32.2. The number of thioether (sulfide) groups is 1. The molecule has 2 nitrogen and oxygen atoms in total. The molecule has 2 unspecified atom stereocenters. The van der Waals surface area contributed by atoms with Crippen LogP contribution in [0.2, 0.25) is 0 Å². The Morgan fingerprint density at radius 2 is 2.38 bits per heavy atom. The molecule has 1 saturated heterocycles. The van der Waals surface area contributed by atoms with Gasteiger partial charge in [0, 0.05) is 18.3 Å². The molecule has 0 spiro atoms. The van der Waals surface area contributed by atoms with Crippen molar-refractivity contribution in [1.82, 2.24) is 5.32 Å². The van der Waals surface area contributed by atoms with Crippen molar-refractivity contribution >= 4 is 11.8 Å². The van der Waals surface area contributed by atoms with Crippen LogP contribution in [0.25, 0.3) is 0 Å². The highest BCUT2D eigenvalue weighted by Crippen LogP contribution is 2.35. The fourth-order valence-corrected chi connectivity index (χ4v) is 3.65. The minimum Gasteiger partial charge on any atom is -0.388 e. The Bertz CT molecular complexity index is 234. The molecule has 2 rings (SSSR count). The summed E-state index contributed by atoms with van der Waals surface area (Å²) in [5.41, 5.74) is -0.439. The van der Waals surface area contributed by atoms with Gasteiger partial charge in [-0.2, -0.15) is 11.8 Å². The minimum atomic E-state index is -0.439. The summed E-state index contributed by atoms with van der Waals surface area (Å²) in [4.78, 5) is 0. The van der Waals surface area contributed by atoms with Crippen LogP contribution in [0.3, 0.4) is 0 Å². The molecule has 0 bridgehead atoms. The molecule has 3 heteroatoms. The average molecular weight is 241 g/mol. The second-order valence-corrected chi connectivity index (χ2v) is 6.32. The topological polar surface area (TPSA) is 32.3 Å². The zero-order valence-corrected chi connectivity index (χ0v) is 10.8. The number of rotatable bonds is 7. The van der Waals surface area contributed by atoms with Gasteiger partial charge in [0.25, 0.3) is 0 Å². The molecule has 2 fully saturated rings. The minimum absolute atomic E-state index is 0.439. The lowest BCUT2D eigenvalue weighted by molar-refractivity contribution is 0.0633. The summed E-state index contributed by atoms with van der Waals surface area (Å²) in [5.74, 6) is 2.87. The number of hydrogen-bond acceptors (Lipinski definition) is 3. The van der Waals surface area contributed by atoms with Gasteiger partial charge < -0.3 is 10.4 Å². The van der Waals surface area contributed by atoms with Crippen molar-refractivity contribution in [1.29, 1.82) is 0 Å². The lowest BCUT2D eigenvalue weighted by Crippen LogP contribution is -2.45. The molecular weight excluding hydrogens is 218 g/mol. The van der Waals surface area contributed by atoms with Crippen molar-refractivity contribution in [2.75, 3.05) is 18.1 Å². The molecule has 0 aromatic heterocycles. The van der Waals surface area contributed by atoms with Gasteiger partial charge in [-0.15, -0.1) is 6.58 Å². The molecule has 16 heavy (non-hydrogen) atoms. The standard InChI is InChI=1S/C13H23NOS/c1-2-3-4-12(11-5-6-11)14-9-13(15)7-8-16-10-13/h2,11-12,14-15H,1,3-10H2. The SMILES string of the molecule is C=CCCC(NCC1(O)CCSC1)C1CC1. The number of hydrogen-bond donors (Lipinski definition) is 2. The lowest BCUT2D eigenvalue weighted by atomic mass is 10.0. The fraction of sp³-hybridized carbons (Fsp3) is 0.846. The molecule has 92 valence electrons. The smallest absolute Gasteiger partial charge is 0.0869 e. The summed E-state index contributed by atoms with van der Waals surface area (Å²) in [6.07, 6.45) is 7.93. The van der Waals surface area contributed by atoms with E-state index in [-0.39, 0.29) is 0 Å². The van der Waals surface area contributed by atoms with E-state index in [4.69, 9.17) is 0 Å². The van der Waals surface area contributed by atoms with Gasteiger partial charge in [-0.3, -0.25) is 0 Å². The Kier molecular flexibility index (Phi) is 4.34. The van der Waals surface area contributed by atoms with Crippen LogP contribution in [0.1, 0.15) is 32.1 Å². The van der Waals surface area contributed by atoms with E-state index in [9.17, 15) is 5.11 Å². The molecule has 0 aromatic carbocycles. The van der Waals surface area contributed by atoms with Gasteiger partial charge in [0.05, 0.1) is 5.60 Å². The molecule has 2 N–H and O–H groups in total. The maximum Gasteiger partial charge on any atom is 0.0869 e. The molecule has 0 aromatic rings. The predicted molar refractivity (Wildman–Crippen MR) is 70.8 cm³/mol. The van der Waals surface area contributed by atoms with Crippen LogP contribution >= 0.6 is 11.8 Å². The molecule has 0 radical (unpaired) electrons. The molecule has 0 amide bonds. The van der Waals surface area contributed by atoms with Crippen LogP contribution in [0.15, 0.2) is 12.7 Å². The second kappa shape index (κ2) is 5.56. The maximum absolute atomic E-state index is 10.3.